The van der Waals surface area contributed by atoms with E-state index in [9.17, 15) is 9.59 Å². The normalized spacial score (nSPS) is 19.0. The van der Waals surface area contributed by atoms with Gasteiger partial charge in [0, 0.05) is 47.7 Å². The predicted octanol–water partition coefficient (Wildman–Crippen LogP) is 4.18. The van der Waals surface area contributed by atoms with Crippen molar-refractivity contribution in [3.8, 4) is 9.75 Å². The standard InChI is InChI=1S/C22H27N5O2S2/c1-12(2)27(15-6-4-14(5-7-15)26-13(3)28)20-16-8-18(19-10-24-11-30-19)31-22(16)25-9-17(20)21(23)29/h8-12,14-15H,4-7H2,1-3H3,(H2,23,29)(H,26,28). The first-order valence-corrected chi connectivity index (χ1v) is 12.2. The summed E-state index contributed by atoms with van der Waals surface area (Å²) in [6.07, 6.45) is 7.19. The van der Waals surface area contributed by atoms with E-state index >= 15 is 0 Å². The van der Waals surface area contributed by atoms with Crippen LogP contribution in [0.25, 0.3) is 20.0 Å². The third kappa shape index (κ3) is 4.43. The summed E-state index contributed by atoms with van der Waals surface area (Å²) in [6, 6.07) is 2.77. The summed E-state index contributed by atoms with van der Waals surface area (Å²) >= 11 is 3.19. The first-order chi connectivity index (χ1) is 14.8. The topological polar surface area (TPSA) is 101 Å². The molecule has 0 unspecified atom stereocenters. The van der Waals surface area contributed by atoms with Crippen LogP contribution in [0.15, 0.2) is 24.0 Å². The van der Waals surface area contributed by atoms with Gasteiger partial charge in [-0.3, -0.25) is 14.6 Å². The lowest BCUT2D eigenvalue weighted by Crippen LogP contribution is -2.47. The third-order valence-electron chi connectivity index (χ3n) is 5.79. The van der Waals surface area contributed by atoms with Crippen molar-refractivity contribution in [1.29, 1.82) is 0 Å². The maximum atomic E-state index is 12.4. The van der Waals surface area contributed by atoms with Crippen LogP contribution in [0.2, 0.25) is 0 Å². The fourth-order valence-corrected chi connectivity index (χ4v) is 6.25. The van der Waals surface area contributed by atoms with Crippen LogP contribution in [0, 0.1) is 0 Å². The molecule has 7 nitrogen and oxygen atoms in total. The molecule has 1 aliphatic rings. The van der Waals surface area contributed by atoms with Gasteiger partial charge in [0.25, 0.3) is 5.91 Å². The highest BCUT2D eigenvalue weighted by atomic mass is 32.1. The number of anilines is 1. The zero-order chi connectivity index (χ0) is 22.1. The monoisotopic (exact) mass is 457 g/mol. The number of thiazole rings is 1. The molecule has 3 N–H and O–H groups in total. The Bertz CT molecular complexity index is 1080. The van der Waals surface area contributed by atoms with E-state index in [2.05, 4.69) is 40.1 Å². The van der Waals surface area contributed by atoms with Gasteiger partial charge >= 0.3 is 0 Å². The number of amides is 2. The highest BCUT2D eigenvalue weighted by Gasteiger charge is 2.31. The first kappa shape index (κ1) is 21.7. The molecule has 0 radical (unpaired) electrons. The average Bonchev–Trinajstić information content (AvgIpc) is 3.38. The van der Waals surface area contributed by atoms with Gasteiger partial charge in [-0.2, -0.15) is 0 Å². The average molecular weight is 458 g/mol. The maximum Gasteiger partial charge on any atom is 0.252 e. The second-order valence-corrected chi connectivity index (χ2v) is 10.2. The molecule has 0 spiro atoms. The fraction of sp³-hybridized carbons (Fsp3) is 0.455. The van der Waals surface area contributed by atoms with Crippen molar-refractivity contribution in [3.05, 3.63) is 29.5 Å². The van der Waals surface area contributed by atoms with Crippen molar-refractivity contribution in [2.45, 2.75) is 64.6 Å². The number of fused-ring (bicyclic) bond motifs is 1. The minimum atomic E-state index is -0.465. The SMILES string of the molecule is CC(=O)NC1CCC(N(c2c(C(N)=O)cnc3sc(-c4cncs4)cc23)C(C)C)CC1. The number of aromatic nitrogens is 2. The van der Waals surface area contributed by atoms with Crippen molar-refractivity contribution in [2.75, 3.05) is 4.90 Å². The Hall–Kier alpha value is -2.52. The largest absolute Gasteiger partial charge is 0.365 e. The van der Waals surface area contributed by atoms with Gasteiger partial charge in [0.1, 0.15) is 4.83 Å². The summed E-state index contributed by atoms with van der Waals surface area (Å²) in [4.78, 5) is 38.0. The molecule has 3 aromatic heterocycles. The molecular formula is C22H27N5O2S2. The van der Waals surface area contributed by atoms with Crippen LogP contribution in [0.3, 0.4) is 0 Å². The van der Waals surface area contributed by atoms with E-state index in [1.54, 1.807) is 35.8 Å². The van der Waals surface area contributed by atoms with E-state index in [0.717, 1.165) is 51.3 Å². The van der Waals surface area contributed by atoms with E-state index in [-0.39, 0.29) is 24.0 Å². The van der Waals surface area contributed by atoms with Crippen LogP contribution in [-0.4, -0.2) is 39.9 Å². The summed E-state index contributed by atoms with van der Waals surface area (Å²) < 4.78 is 0. The lowest BCUT2D eigenvalue weighted by molar-refractivity contribution is -0.119. The van der Waals surface area contributed by atoms with Crippen molar-refractivity contribution >= 4 is 50.4 Å². The fourth-order valence-electron chi connectivity index (χ4n) is 4.54. The molecule has 0 aromatic carbocycles. The van der Waals surface area contributed by atoms with Crippen LogP contribution in [0.1, 0.15) is 56.8 Å². The molecule has 1 aliphatic carbocycles. The van der Waals surface area contributed by atoms with Crippen molar-refractivity contribution in [1.82, 2.24) is 15.3 Å². The maximum absolute atomic E-state index is 12.4. The van der Waals surface area contributed by atoms with Gasteiger partial charge in [-0.25, -0.2) is 4.98 Å². The van der Waals surface area contributed by atoms with Crippen molar-refractivity contribution in [3.63, 3.8) is 0 Å². The van der Waals surface area contributed by atoms with Crippen LogP contribution < -0.4 is 16.0 Å². The Labute approximate surface area is 189 Å². The molecule has 1 fully saturated rings. The number of rotatable bonds is 6. The second kappa shape index (κ2) is 8.92. The van der Waals surface area contributed by atoms with Crippen LogP contribution in [0.5, 0.6) is 0 Å². The molecule has 3 heterocycles. The Morgan fingerprint density at radius 2 is 1.94 bits per heavy atom. The first-order valence-electron chi connectivity index (χ1n) is 10.5. The van der Waals surface area contributed by atoms with Gasteiger partial charge in [0.15, 0.2) is 0 Å². The summed E-state index contributed by atoms with van der Waals surface area (Å²) in [6.45, 7) is 5.86. The second-order valence-electron chi connectivity index (χ2n) is 8.29. The predicted molar refractivity (Wildman–Crippen MR) is 127 cm³/mol. The molecule has 4 rings (SSSR count). The molecule has 0 bridgehead atoms. The summed E-state index contributed by atoms with van der Waals surface area (Å²) in [5, 5.41) is 4.00. The van der Waals surface area contributed by atoms with E-state index in [4.69, 9.17) is 5.73 Å². The molecule has 1 saturated carbocycles. The number of hydrogen-bond acceptors (Lipinski definition) is 7. The number of nitrogens with one attached hydrogen (secondary N) is 1. The number of thiophene rings is 1. The molecule has 3 aromatic rings. The Morgan fingerprint density at radius 3 is 2.52 bits per heavy atom. The van der Waals surface area contributed by atoms with Crippen LogP contribution >= 0.6 is 22.7 Å². The molecular weight excluding hydrogens is 430 g/mol. The van der Waals surface area contributed by atoms with E-state index in [1.807, 2.05) is 11.7 Å². The molecule has 9 heteroatoms. The van der Waals surface area contributed by atoms with E-state index in [1.165, 1.54) is 0 Å². The summed E-state index contributed by atoms with van der Waals surface area (Å²) in [5.74, 6) is -0.447. The lowest BCUT2D eigenvalue weighted by atomic mass is 9.88. The summed E-state index contributed by atoms with van der Waals surface area (Å²) in [7, 11) is 0. The van der Waals surface area contributed by atoms with Gasteiger partial charge < -0.3 is 16.0 Å². The molecule has 0 saturated heterocycles. The van der Waals surface area contributed by atoms with E-state index in [0.29, 0.717) is 5.56 Å². The van der Waals surface area contributed by atoms with Crippen molar-refractivity contribution in [2.24, 2.45) is 5.73 Å². The van der Waals surface area contributed by atoms with Gasteiger partial charge in [0.05, 0.1) is 21.6 Å². The number of carbonyl (C=O) groups is 2. The molecule has 2 amide bonds. The Balaban J connectivity index is 1.76. The zero-order valence-electron chi connectivity index (χ0n) is 17.9. The number of carbonyl (C=O) groups excluding carboxylic acids is 2. The Morgan fingerprint density at radius 1 is 1.19 bits per heavy atom. The minimum Gasteiger partial charge on any atom is -0.365 e. The molecule has 0 atom stereocenters. The van der Waals surface area contributed by atoms with Gasteiger partial charge in [-0.1, -0.05) is 0 Å². The molecule has 0 aliphatic heterocycles. The number of hydrogen-bond donors (Lipinski definition) is 2. The number of nitrogens with zero attached hydrogens (tertiary/aromatic N) is 3. The van der Waals surface area contributed by atoms with Gasteiger partial charge in [-0.05, 0) is 45.6 Å². The molecule has 164 valence electrons. The van der Waals surface area contributed by atoms with Crippen LogP contribution in [-0.2, 0) is 4.79 Å². The minimum absolute atomic E-state index is 0.0184. The highest BCUT2D eigenvalue weighted by Crippen LogP contribution is 2.42. The number of pyridine rings is 1. The molecule has 31 heavy (non-hydrogen) atoms. The Kier molecular flexibility index (Phi) is 6.24. The number of primary amides is 1. The number of nitrogens with two attached hydrogens (primary N) is 1. The quantitative estimate of drug-likeness (QED) is 0.578. The van der Waals surface area contributed by atoms with Gasteiger partial charge in [0.2, 0.25) is 5.91 Å². The van der Waals surface area contributed by atoms with Crippen molar-refractivity contribution < 1.29 is 9.59 Å². The smallest absolute Gasteiger partial charge is 0.252 e. The summed E-state index contributed by atoms with van der Waals surface area (Å²) in [5.41, 5.74) is 8.94. The zero-order valence-corrected chi connectivity index (χ0v) is 19.6. The van der Waals surface area contributed by atoms with Gasteiger partial charge in [-0.15, -0.1) is 22.7 Å². The lowest BCUT2D eigenvalue weighted by Gasteiger charge is -2.42. The highest BCUT2D eigenvalue weighted by molar-refractivity contribution is 7.25. The van der Waals surface area contributed by atoms with Crippen LogP contribution in [0.4, 0.5) is 5.69 Å². The van der Waals surface area contributed by atoms with E-state index < -0.39 is 5.91 Å². The third-order valence-corrected chi connectivity index (χ3v) is 7.80.